The van der Waals surface area contributed by atoms with E-state index in [0.717, 1.165) is 5.39 Å². The van der Waals surface area contributed by atoms with Gasteiger partial charge in [-0.15, -0.1) is 0 Å². The predicted molar refractivity (Wildman–Crippen MR) is 91.1 cm³/mol. The summed E-state index contributed by atoms with van der Waals surface area (Å²) in [7, 11) is -3.13. The van der Waals surface area contributed by atoms with Crippen molar-refractivity contribution in [2.24, 2.45) is 0 Å². The normalized spacial score (nSPS) is 22.0. The average Bonchev–Trinajstić information content (AvgIpc) is 3.02. The molecule has 0 bridgehead atoms. The van der Waals surface area contributed by atoms with Gasteiger partial charge >= 0.3 is 5.97 Å². The van der Waals surface area contributed by atoms with Gasteiger partial charge in [-0.1, -0.05) is 18.2 Å². The zero-order chi connectivity index (χ0) is 18.2. The van der Waals surface area contributed by atoms with Gasteiger partial charge in [-0.25, -0.2) is 13.2 Å². The lowest BCUT2D eigenvalue weighted by atomic mass is 10.0. The zero-order valence-corrected chi connectivity index (χ0v) is 14.8. The van der Waals surface area contributed by atoms with E-state index in [9.17, 15) is 18.0 Å². The first-order valence-corrected chi connectivity index (χ1v) is 9.68. The molecule has 134 valence electrons. The summed E-state index contributed by atoms with van der Waals surface area (Å²) in [5, 5.41) is 3.44. The van der Waals surface area contributed by atoms with E-state index in [1.54, 1.807) is 26.0 Å². The highest BCUT2D eigenvalue weighted by Gasteiger charge is 2.39. The summed E-state index contributed by atoms with van der Waals surface area (Å²) < 4.78 is 33.6. The van der Waals surface area contributed by atoms with Gasteiger partial charge in [0.2, 0.25) is 5.76 Å². The fourth-order valence-corrected chi connectivity index (χ4v) is 5.14. The van der Waals surface area contributed by atoms with Crippen LogP contribution in [-0.4, -0.2) is 43.9 Å². The molecule has 1 amide bonds. The van der Waals surface area contributed by atoms with Crippen LogP contribution in [0.2, 0.25) is 0 Å². The molecule has 0 radical (unpaired) electrons. The van der Waals surface area contributed by atoms with Gasteiger partial charge in [0.05, 0.1) is 17.0 Å². The molecule has 1 aromatic carbocycles. The number of esters is 1. The second kappa shape index (κ2) is 6.18. The van der Waals surface area contributed by atoms with Gasteiger partial charge in [0.15, 0.2) is 16.4 Å². The van der Waals surface area contributed by atoms with Gasteiger partial charge in [-0.2, -0.15) is 0 Å². The molecule has 0 spiro atoms. The van der Waals surface area contributed by atoms with Crippen LogP contribution in [0.4, 0.5) is 0 Å². The molecule has 0 saturated carbocycles. The van der Waals surface area contributed by atoms with Crippen molar-refractivity contribution >= 4 is 32.7 Å². The largest absolute Gasteiger partial charge is 0.450 e. The number of furan rings is 1. The molecule has 2 aromatic rings. The van der Waals surface area contributed by atoms with Crippen molar-refractivity contribution in [2.75, 3.05) is 18.1 Å². The number of para-hydroxylation sites is 1. The number of hydrogen-bond donors (Lipinski definition) is 1. The van der Waals surface area contributed by atoms with E-state index in [0.29, 0.717) is 17.6 Å². The Morgan fingerprint density at radius 1 is 1.32 bits per heavy atom. The van der Waals surface area contributed by atoms with E-state index in [1.165, 1.54) is 0 Å². The monoisotopic (exact) mass is 365 g/mol. The van der Waals surface area contributed by atoms with Crippen LogP contribution in [0.25, 0.3) is 11.0 Å². The number of rotatable bonds is 4. The number of fused-ring (bicyclic) bond motifs is 1. The Bertz CT molecular complexity index is 945. The molecule has 1 saturated heterocycles. The maximum atomic E-state index is 12.2. The standard InChI is InChI=1S/C17H19NO6S/c1-11-12-5-3-4-6-13(12)24-15(11)16(20)23-9-14(19)18-17(2)7-8-25(21,22)10-17/h3-6H,7-10H2,1-2H3,(H,18,19)/t17-/m1/s1. The lowest BCUT2D eigenvalue weighted by Gasteiger charge is -2.23. The van der Waals surface area contributed by atoms with Crippen LogP contribution in [0.1, 0.15) is 29.5 Å². The van der Waals surface area contributed by atoms with Gasteiger partial charge < -0.3 is 14.5 Å². The lowest BCUT2D eigenvalue weighted by Crippen LogP contribution is -2.48. The Morgan fingerprint density at radius 3 is 2.68 bits per heavy atom. The molecule has 7 nitrogen and oxygen atoms in total. The molecular formula is C17H19NO6S. The second-order valence-corrected chi connectivity index (χ2v) is 8.76. The van der Waals surface area contributed by atoms with Gasteiger partial charge in [-0.3, -0.25) is 4.79 Å². The number of ether oxygens (including phenoxy) is 1. The third kappa shape index (κ3) is 3.68. The molecule has 1 atom stereocenters. The van der Waals surface area contributed by atoms with Crippen molar-refractivity contribution in [3.63, 3.8) is 0 Å². The highest BCUT2D eigenvalue weighted by atomic mass is 32.2. The Morgan fingerprint density at radius 2 is 2.04 bits per heavy atom. The third-order valence-corrected chi connectivity index (χ3v) is 6.21. The van der Waals surface area contributed by atoms with E-state index < -0.39 is 33.9 Å². The molecule has 25 heavy (non-hydrogen) atoms. The van der Waals surface area contributed by atoms with Crippen LogP contribution in [0.15, 0.2) is 28.7 Å². The second-order valence-electron chi connectivity index (χ2n) is 6.58. The minimum atomic E-state index is -3.13. The van der Waals surface area contributed by atoms with Crippen LogP contribution in [0.5, 0.6) is 0 Å². The van der Waals surface area contributed by atoms with Crippen LogP contribution in [-0.2, 0) is 19.4 Å². The van der Waals surface area contributed by atoms with Crippen molar-refractivity contribution < 1.29 is 27.2 Å². The molecular weight excluding hydrogens is 346 g/mol. The Hall–Kier alpha value is -2.35. The quantitative estimate of drug-likeness (QED) is 0.826. The van der Waals surface area contributed by atoms with Crippen molar-refractivity contribution in [2.45, 2.75) is 25.8 Å². The number of aryl methyl sites for hydroxylation is 1. The van der Waals surface area contributed by atoms with E-state index >= 15 is 0 Å². The van der Waals surface area contributed by atoms with Crippen molar-refractivity contribution in [3.8, 4) is 0 Å². The van der Waals surface area contributed by atoms with Crippen molar-refractivity contribution in [1.29, 1.82) is 0 Å². The fraction of sp³-hybridized carbons (Fsp3) is 0.412. The van der Waals surface area contributed by atoms with Crippen LogP contribution in [0, 0.1) is 6.92 Å². The van der Waals surface area contributed by atoms with E-state index in [4.69, 9.17) is 9.15 Å². The van der Waals surface area contributed by atoms with Crippen LogP contribution >= 0.6 is 0 Å². The lowest BCUT2D eigenvalue weighted by molar-refractivity contribution is -0.125. The van der Waals surface area contributed by atoms with E-state index in [1.807, 2.05) is 12.1 Å². The number of nitrogens with one attached hydrogen (secondary N) is 1. The van der Waals surface area contributed by atoms with Crippen LogP contribution < -0.4 is 5.32 Å². The number of benzene rings is 1. The first-order chi connectivity index (χ1) is 11.7. The van der Waals surface area contributed by atoms with Gasteiger partial charge in [0.25, 0.3) is 5.91 Å². The Labute approximate surface area is 145 Å². The zero-order valence-electron chi connectivity index (χ0n) is 14.0. The predicted octanol–water partition coefficient (Wildman–Crippen LogP) is 1.59. The molecule has 1 aliphatic rings. The first kappa shape index (κ1) is 17.5. The summed E-state index contributed by atoms with van der Waals surface area (Å²) in [6.45, 7) is 2.92. The summed E-state index contributed by atoms with van der Waals surface area (Å²) in [5.41, 5.74) is 0.396. The molecule has 1 N–H and O–H groups in total. The Kier molecular flexibility index (Phi) is 4.32. The summed E-state index contributed by atoms with van der Waals surface area (Å²) in [6, 6.07) is 7.21. The van der Waals surface area contributed by atoms with Crippen molar-refractivity contribution in [3.05, 3.63) is 35.6 Å². The summed E-state index contributed by atoms with van der Waals surface area (Å²) in [5.74, 6) is -1.28. The first-order valence-electron chi connectivity index (χ1n) is 7.86. The molecule has 8 heteroatoms. The summed E-state index contributed by atoms with van der Waals surface area (Å²) in [4.78, 5) is 24.2. The summed E-state index contributed by atoms with van der Waals surface area (Å²) >= 11 is 0. The molecule has 1 aliphatic heterocycles. The fourth-order valence-electron chi connectivity index (χ4n) is 3.05. The summed E-state index contributed by atoms with van der Waals surface area (Å²) in [6.07, 6.45) is 0.345. The highest BCUT2D eigenvalue weighted by Crippen LogP contribution is 2.25. The molecule has 3 rings (SSSR count). The number of carbonyl (C=O) groups is 2. The maximum Gasteiger partial charge on any atom is 0.375 e. The average molecular weight is 365 g/mol. The number of sulfone groups is 1. The van der Waals surface area contributed by atoms with E-state index in [2.05, 4.69) is 5.32 Å². The molecule has 1 fully saturated rings. The topological polar surface area (TPSA) is 103 Å². The van der Waals surface area contributed by atoms with Gasteiger partial charge in [0, 0.05) is 10.9 Å². The smallest absolute Gasteiger partial charge is 0.375 e. The maximum absolute atomic E-state index is 12.2. The number of carbonyl (C=O) groups excluding carboxylic acids is 2. The SMILES string of the molecule is Cc1c(C(=O)OCC(=O)N[C@]2(C)CCS(=O)(=O)C2)oc2ccccc12. The molecule has 0 aliphatic carbocycles. The number of hydrogen-bond acceptors (Lipinski definition) is 6. The molecule has 1 aromatic heterocycles. The highest BCUT2D eigenvalue weighted by molar-refractivity contribution is 7.91. The minimum absolute atomic E-state index is 0.0434. The van der Waals surface area contributed by atoms with Crippen LogP contribution in [0.3, 0.4) is 0 Å². The minimum Gasteiger partial charge on any atom is -0.450 e. The van der Waals surface area contributed by atoms with Gasteiger partial charge in [0.1, 0.15) is 5.58 Å². The van der Waals surface area contributed by atoms with E-state index in [-0.39, 0.29) is 17.3 Å². The number of amides is 1. The molecule has 0 unspecified atom stereocenters. The Balaban J connectivity index is 1.62. The molecule has 2 heterocycles. The van der Waals surface area contributed by atoms with Gasteiger partial charge in [-0.05, 0) is 26.3 Å². The van der Waals surface area contributed by atoms with Crippen molar-refractivity contribution in [1.82, 2.24) is 5.32 Å². The third-order valence-electron chi connectivity index (χ3n) is 4.31.